The number of hydrogen-bond acceptors (Lipinski definition) is 1. The lowest BCUT2D eigenvalue weighted by Gasteiger charge is -2.00. The summed E-state index contributed by atoms with van der Waals surface area (Å²) in [5.41, 5.74) is 2.16. The maximum atomic E-state index is 11.9. The molecule has 12 heavy (non-hydrogen) atoms. The van der Waals surface area contributed by atoms with Gasteiger partial charge in [-0.25, -0.2) is 0 Å². The highest BCUT2D eigenvalue weighted by Crippen LogP contribution is 2.05. The van der Waals surface area contributed by atoms with E-state index in [9.17, 15) is 4.39 Å². The van der Waals surface area contributed by atoms with Crippen molar-refractivity contribution in [3.05, 3.63) is 35.4 Å². The molecule has 0 aliphatic heterocycles. The highest BCUT2D eigenvalue weighted by Gasteiger charge is 1.93. The first-order valence-corrected chi connectivity index (χ1v) is 3.99. The second-order valence-electron chi connectivity index (χ2n) is 2.69. The number of alkyl halides is 1. The first kappa shape index (κ1) is 9.20. The first-order chi connectivity index (χ1) is 5.86. The smallest absolute Gasteiger partial charge is 0.0934 e. The molecule has 1 aromatic rings. The number of hydrogen-bond donors (Lipinski definition) is 0. The number of ether oxygens (including phenoxy) is 1. The Balaban J connectivity index is 2.58. The number of halogens is 1. The quantitative estimate of drug-likeness (QED) is 0.670. The van der Waals surface area contributed by atoms with Crippen LogP contribution in [-0.4, -0.2) is 13.8 Å². The Morgan fingerprint density at radius 1 is 1.17 bits per heavy atom. The van der Waals surface area contributed by atoms with Crippen LogP contribution in [0.15, 0.2) is 24.3 Å². The van der Waals surface area contributed by atoms with Gasteiger partial charge in [0.2, 0.25) is 0 Å². The Morgan fingerprint density at radius 2 is 1.75 bits per heavy atom. The summed E-state index contributed by atoms with van der Waals surface area (Å²) >= 11 is 0. The highest BCUT2D eigenvalue weighted by atomic mass is 19.1. The van der Waals surface area contributed by atoms with Crippen molar-refractivity contribution in [2.75, 3.05) is 13.8 Å². The number of aryl methyl sites for hydroxylation is 1. The molecule has 2 heteroatoms. The van der Waals surface area contributed by atoms with Gasteiger partial charge in [0, 0.05) is 13.5 Å². The van der Waals surface area contributed by atoms with Crippen LogP contribution in [0.25, 0.3) is 0 Å². The van der Waals surface area contributed by atoms with Crippen LogP contribution in [0.3, 0.4) is 0 Å². The third-order valence-electron chi connectivity index (χ3n) is 1.72. The maximum absolute atomic E-state index is 11.9. The second kappa shape index (κ2) is 4.88. The average molecular weight is 168 g/mol. The van der Waals surface area contributed by atoms with Crippen LogP contribution in [0, 0.1) is 0 Å². The molecule has 0 radical (unpaired) electrons. The van der Waals surface area contributed by atoms with Crippen molar-refractivity contribution in [2.45, 2.75) is 13.0 Å². The van der Waals surface area contributed by atoms with Crippen molar-refractivity contribution in [3.63, 3.8) is 0 Å². The molecule has 0 aliphatic carbocycles. The van der Waals surface area contributed by atoms with E-state index in [-0.39, 0.29) is 6.67 Å². The lowest BCUT2D eigenvalue weighted by molar-refractivity contribution is 0.185. The predicted octanol–water partition coefficient (Wildman–Crippen LogP) is 2.35. The Kier molecular flexibility index (Phi) is 3.74. The molecule has 0 saturated heterocycles. The van der Waals surface area contributed by atoms with Gasteiger partial charge in [0.1, 0.15) is 0 Å². The normalized spacial score (nSPS) is 10.2. The molecule has 0 N–H and O–H groups in total. The maximum Gasteiger partial charge on any atom is 0.0934 e. The molecular formula is C10H13FO. The second-order valence-corrected chi connectivity index (χ2v) is 2.69. The van der Waals surface area contributed by atoms with Gasteiger partial charge in [-0.2, -0.15) is 0 Å². The largest absolute Gasteiger partial charge is 0.380 e. The molecule has 0 bridgehead atoms. The predicted molar refractivity (Wildman–Crippen MR) is 46.8 cm³/mol. The first-order valence-electron chi connectivity index (χ1n) is 3.99. The van der Waals surface area contributed by atoms with E-state index in [0.29, 0.717) is 13.0 Å². The molecule has 1 rings (SSSR count). The zero-order valence-corrected chi connectivity index (χ0v) is 7.22. The Bertz CT molecular complexity index is 193. The molecule has 0 aliphatic rings. The number of rotatable bonds is 4. The van der Waals surface area contributed by atoms with Crippen LogP contribution < -0.4 is 0 Å². The zero-order valence-electron chi connectivity index (χ0n) is 7.22. The third kappa shape index (κ3) is 2.62. The molecule has 1 nitrogen and oxygen atoms in total. The van der Waals surface area contributed by atoms with E-state index < -0.39 is 0 Å². The summed E-state index contributed by atoms with van der Waals surface area (Å²) < 4.78 is 16.9. The van der Waals surface area contributed by atoms with E-state index in [1.165, 1.54) is 0 Å². The van der Waals surface area contributed by atoms with E-state index >= 15 is 0 Å². The summed E-state index contributed by atoms with van der Waals surface area (Å²) in [6.45, 7) is 0.333. The minimum Gasteiger partial charge on any atom is -0.380 e. The van der Waals surface area contributed by atoms with Gasteiger partial charge >= 0.3 is 0 Å². The zero-order chi connectivity index (χ0) is 8.81. The van der Waals surface area contributed by atoms with Crippen LogP contribution in [-0.2, 0) is 17.8 Å². The Morgan fingerprint density at radius 3 is 2.25 bits per heavy atom. The van der Waals surface area contributed by atoms with Gasteiger partial charge in [0.15, 0.2) is 0 Å². The highest BCUT2D eigenvalue weighted by molar-refractivity contribution is 5.22. The molecule has 0 unspecified atom stereocenters. The molecular weight excluding hydrogens is 155 g/mol. The van der Waals surface area contributed by atoms with E-state index in [1.807, 2.05) is 24.3 Å². The number of benzene rings is 1. The van der Waals surface area contributed by atoms with Gasteiger partial charge in [0.05, 0.1) is 13.3 Å². The summed E-state index contributed by atoms with van der Waals surface area (Å²) in [7, 11) is 1.66. The van der Waals surface area contributed by atoms with Crippen molar-refractivity contribution in [1.82, 2.24) is 0 Å². The molecule has 0 fully saturated rings. The molecule has 1 aromatic carbocycles. The van der Waals surface area contributed by atoms with Crippen LogP contribution in [0.5, 0.6) is 0 Å². The number of methoxy groups -OCH3 is 1. The third-order valence-corrected chi connectivity index (χ3v) is 1.72. The topological polar surface area (TPSA) is 9.23 Å². The van der Waals surface area contributed by atoms with Crippen LogP contribution in [0.2, 0.25) is 0 Å². The van der Waals surface area contributed by atoms with Gasteiger partial charge in [-0.15, -0.1) is 0 Å². The van der Waals surface area contributed by atoms with Gasteiger partial charge in [-0.05, 0) is 11.1 Å². The standard InChI is InChI=1S/C10H13FO/c1-12-8-10-4-2-9(3-5-10)6-7-11/h2-5H,6-8H2,1H3. The Labute approximate surface area is 72.2 Å². The molecule has 0 spiro atoms. The SMILES string of the molecule is COCc1ccc(CCF)cc1. The molecule has 0 atom stereocenters. The van der Waals surface area contributed by atoms with E-state index in [4.69, 9.17) is 4.74 Å². The molecule has 0 amide bonds. The minimum absolute atomic E-state index is 0.288. The van der Waals surface area contributed by atoms with Gasteiger partial charge < -0.3 is 4.74 Å². The van der Waals surface area contributed by atoms with Gasteiger partial charge in [-0.1, -0.05) is 24.3 Å². The summed E-state index contributed by atoms with van der Waals surface area (Å²) in [6.07, 6.45) is 0.507. The molecule has 66 valence electrons. The van der Waals surface area contributed by atoms with Crippen molar-refractivity contribution < 1.29 is 9.13 Å². The van der Waals surface area contributed by atoms with Crippen molar-refractivity contribution in [2.24, 2.45) is 0 Å². The summed E-state index contributed by atoms with van der Waals surface area (Å²) in [5, 5.41) is 0. The summed E-state index contributed by atoms with van der Waals surface area (Å²) in [5.74, 6) is 0. The molecule has 0 heterocycles. The van der Waals surface area contributed by atoms with E-state index in [0.717, 1.165) is 11.1 Å². The van der Waals surface area contributed by atoms with E-state index in [1.54, 1.807) is 7.11 Å². The lowest BCUT2D eigenvalue weighted by Crippen LogP contribution is -1.90. The van der Waals surface area contributed by atoms with Crippen LogP contribution in [0.1, 0.15) is 11.1 Å². The van der Waals surface area contributed by atoms with E-state index in [2.05, 4.69) is 0 Å². The summed E-state index contributed by atoms with van der Waals surface area (Å²) in [4.78, 5) is 0. The van der Waals surface area contributed by atoms with Crippen molar-refractivity contribution in [3.8, 4) is 0 Å². The van der Waals surface area contributed by atoms with Crippen LogP contribution in [0.4, 0.5) is 4.39 Å². The minimum atomic E-state index is -0.288. The summed E-state index contributed by atoms with van der Waals surface area (Å²) in [6, 6.07) is 7.81. The fourth-order valence-corrected chi connectivity index (χ4v) is 1.08. The van der Waals surface area contributed by atoms with Crippen molar-refractivity contribution >= 4 is 0 Å². The van der Waals surface area contributed by atoms with Gasteiger partial charge in [-0.3, -0.25) is 4.39 Å². The average Bonchev–Trinajstić information content (AvgIpc) is 2.09. The van der Waals surface area contributed by atoms with Gasteiger partial charge in [0.25, 0.3) is 0 Å². The fraction of sp³-hybridized carbons (Fsp3) is 0.400. The Hall–Kier alpha value is -0.890. The fourth-order valence-electron chi connectivity index (χ4n) is 1.08. The monoisotopic (exact) mass is 168 g/mol. The van der Waals surface area contributed by atoms with Crippen molar-refractivity contribution in [1.29, 1.82) is 0 Å². The van der Waals surface area contributed by atoms with Crippen LogP contribution >= 0.6 is 0 Å². The molecule has 0 aromatic heterocycles. The lowest BCUT2D eigenvalue weighted by atomic mass is 10.1. The molecule has 0 saturated carbocycles.